The molecule has 1 aromatic carbocycles. The van der Waals surface area contributed by atoms with Crippen LogP contribution in [0.5, 0.6) is 0 Å². The zero-order valence-electron chi connectivity index (χ0n) is 10.0. The van der Waals surface area contributed by atoms with E-state index in [-0.39, 0.29) is 6.42 Å². The predicted molar refractivity (Wildman–Crippen MR) is 75.4 cm³/mol. The molecular formula is C13H11Cl2N3. The quantitative estimate of drug-likeness (QED) is 0.842. The minimum atomic E-state index is 0.275. The van der Waals surface area contributed by atoms with Crippen LogP contribution in [0.15, 0.2) is 18.2 Å². The van der Waals surface area contributed by atoms with Crippen LogP contribution in [-0.4, -0.2) is 19.1 Å². The molecule has 2 aromatic rings. The summed E-state index contributed by atoms with van der Waals surface area (Å²) in [6, 6.07) is 7.53. The maximum atomic E-state index is 8.77. The van der Waals surface area contributed by atoms with Gasteiger partial charge in [0.1, 0.15) is 0 Å². The largest absolute Gasteiger partial charge is 0.377 e. The molecule has 92 valence electrons. The van der Waals surface area contributed by atoms with Gasteiger partial charge in [0.05, 0.1) is 33.7 Å². The van der Waals surface area contributed by atoms with Crippen LogP contribution in [0.4, 0.5) is 5.69 Å². The molecule has 0 aliphatic carbocycles. The van der Waals surface area contributed by atoms with Crippen molar-refractivity contribution in [2.75, 3.05) is 19.0 Å². The van der Waals surface area contributed by atoms with E-state index < -0.39 is 0 Å². The average molecular weight is 280 g/mol. The van der Waals surface area contributed by atoms with Gasteiger partial charge in [0.2, 0.25) is 0 Å². The summed E-state index contributed by atoms with van der Waals surface area (Å²) >= 11 is 12.0. The fourth-order valence-electron chi connectivity index (χ4n) is 1.80. The molecule has 0 amide bonds. The number of rotatable bonds is 2. The van der Waals surface area contributed by atoms with Crippen LogP contribution in [0.1, 0.15) is 5.69 Å². The standard InChI is InChI=1S/C13H11Cl2N3/c1-18(2)13-5-8(3-4-16)17-12-7-11(15)10(14)6-9(12)13/h5-7H,3H2,1-2H3. The third kappa shape index (κ3) is 2.35. The summed E-state index contributed by atoms with van der Waals surface area (Å²) in [7, 11) is 3.88. The maximum Gasteiger partial charge on any atom is 0.0775 e. The van der Waals surface area contributed by atoms with E-state index in [1.54, 1.807) is 12.1 Å². The zero-order valence-corrected chi connectivity index (χ0v) is 11.5. The van der Waals surface area contributed by atoms with Crippen molar-refractivity contribution in [1.82, 2.24) is 4.98 Å². The molecule has 0 bridgehead atoms. The van der Waals surface area contributed by atoms with Crippen LogP contribution >= 0.6 is 23.2 Å². The van der Waals surface area contributed by atoms with Gasteiger partial charge in [0.25, 0.3) is 0 Å². The van der Waals surface area contributed by atoms with Crippen molar-refractivity contribution in [3.63, 3.8) is 0 Å². The summed E-state index contributed by atoms with van der Waals surface area (Å²) in [4.78, 5) is 6.39. The van der Waals surface area contributed by atoms with Crippen molar-refractivity contribution < 1.29 is 0 Å². The number of aromatic nitrogens is 1. The van der Waals surface area contributed by atoms with Crippen LogP contribution in [0.3, 0.4) is 0 Å². The Morgan fingerprint density at radius 3 is 2.50 bits per heavy atom. The molecule has 0 saturated carbocycles. The first-order valence-corrected chi connectivity index (χ1v) is 6.11. The molecule has 1 heterocycles. The average Bonchev–Trinajstić information content (AvgIpc) is 2.30. The van der Waals surface area contributed by atoms with Gasteiger partial charge in [-0.2, -0.15) is 5.26 Å². The van der Waals surface area contributed by atoms with E-state index in [4.69, 9.17) is 28.5 Å². The molecule has 0 aliphatic rings. The molecule has 2 rings (SSSR count). The van der Waals surface area contributed by atoms with Gasteiger partial charge >= 0.3 is 0 Å². The van der Waals surface area contributed by atoms with Crippen molar-refractivity contribution in [1.29, 1.82) is 5.26 Å². The molecule has 0 aliphatic heterocycles. The van der Waals surface area contributed by atoms with E-state index in [9.17, 15) is 0 Å². The van der Waals surface area contributed by atoms with Gasteiger partial charge in [0, 0.05) is 25.2 Å². The van der Waals surface area contributed by atoms with Crippen LogP contribution in [0.25, 0.3) is 10.9 Å². The van der Waals surface area contributed by atoms with Gasteiger partial charge in [-0.1, -0.05) is 23.2 Å². The molecule has 5 heteroatoms. The van der Waals surface area contributed by atoms with Crippen LogP contribution in [-0.2, 0) is 6.42 Å². The van der Waals surface area contributed by atoms with Crippen molar-refractivity contribution in [3.05, 3.63) is 33.9 Å². The second-order valence-electron chi connectivity index (χ2n) is 4.15. The van der Waals surface area contributed by atoms with Crippen LogP contribution < -0.4 is 4.90 Å². The van der Waals surface area contributed by atoms with Crippen molar-refractivity contribution in [2.24, 2.45) is 0 Å². The Bertz CT molecular complexity index is 645. The highest BCUT2D eigenvalue weighted by molar-refractivity contribution is 6.42. The lowest BCUT2D eigenvalue weighted by molar-refractivity contribution is 1.10. The Morgan fingerprint density at radius 2 is 1.89 bits per heavy atom. The Balaban J connectivity index is 2.77. The topological polar surface area (TPSA) is 39.9 Å². The molecule has 0 radical (unpaired) electrons. The highest BCUT2D eigenvalue weighted by atomic mass is 35.5. The highest BCUT2D eigenvalue weighted by Crippen LogP contribution is 2.32. The molecule has 0 saturated heterocycles. The van der Waals surface area contributed by atoms with E-state index in [0.717, 1.165) is 22.3 Å². The number of nitriles is 1. The Morgan fingerprint density at radius 1 is 1.22 bits per heavy atom. The first-order valence-electron chi connectivity index (χ1n) is 5.36. The zero-order chi connectivity index (χ0) is 13.3. The number of nitrogens with zero attached hydrogens (tertiary/aromatic N) is 3. The maximum absolute atomic E-state index is 8.77. The molecule has 0 unspecified atom stereocenters. The van der Waals surface area contributed by atoms with Crippen molar-refractivity contribution in [3.8, 4) is 6.07 Å². The third-order valence-corrected chi connectivity index (χ3v) is 3.35. The van der Waals surface area contributed by atoms with Gasteiger partial charge < -0.3 is 4.90 Å². The first kappa shape index (κ1) is 12.9. The number of hydrogen-bond donors (Lipinski definition) is 0. The van der Waals surface area contributed by atoms with Crippen molar-refractivity contribution in [2.45, 2.75) is 6.42 Å². The van der Waals surface area contributed by atoms with E-state index in [2.05, 4.69) is 11.1 Å². The van der Waals surface area contributed by atoms with E-state index >= 15 is 0 Å². The summed E-state index contributed by atoms with van der Waals surface area (Å²) in [5, 5.41) is 10.7. The molecule has 0 atom stereocenters. The Kier molecular flexibility index (Phi) is 3.60. The third-order valence-electron chi connectivity index (χ3n) is 2.62. The second kappa shape index (κ2) is 5.01. The molecule has 0 fully saturated rings. The minimum Gasteiger partial charge on any atom is -0.377 e. The summed E-state index contributed by atoms with van der Waals surface area (Å²) in [6.45, 7) is 0. The lowest BCUT2D eigenvalue weighted by Gasteiger charge is -2.16. The molecule has 0 spiro atoms. The van der Waals surface area contributed by atoms with Gasteiger partial charge in [-0.25, -0.2) is 0 Å². The van der Waals surface area contributed by atoms with Crippen molar-refractivity contribution >= 4 is 39.8 Å². The summed E-state index contributed by atoms with van der Waals surface area (Å²) < 4.78 is 0. The molecular weight excluding hydrogens is 269 g/mol. The van der Waals surface area contributed by atoms with Gasteiger partial charge in [-0.15, -0.1) is 0 Å². The van der Waals surface area contributed by atoms with E-state index in [0.29, 0.717) is 10.0 Å². The second-order valence-corrected chi connectivity index (χ2v) is 4.96. The monoisotopic (exact) mass is 279 g/mol. The Labute approximate surface area is 116 Å². The van der Waals surface area contributed by atoms with E-state index in [1.807, 2.05) is 25.1 Å². The smallest absolute Gasteiger partial charge is 0.0775 e. The molecule has 0 N–H and O–H groups in total. The number of hydrogen-bond acceptors (Lipinski definition) is 3. The van der Waals surface area contributed by atoms with Gasteiger partial charge in [-0.05, 0) is 18.2 Å². The fraction of sp³-hybridized carbons (Fsp3) is 0.231. The number of anilines is 1. The lowest BCUT2D eigenvalue weighted by Crippen LogP contribution is -2.10. The number of halogens is 2. The molecule has 1 aromatic heterocycles. The number of pyridine rings is 1. The molecule has 18 heavy (non-hydrogen) atoms. The highest BCUT2D eigenvalue weighted by Gasteiger charge is 2.10. The number of benzene rings is 1. The van der Waals surface area contributed by atoms with Gasteiger partial charge in [0.15, 0.2) is 0 Å². The molecule has 3 nitrogen and oxygen atoms in total. The van der Waals surface area contributed by atoms with Gasteiger partial charge in [-0.3, -0.25) is 4.98 Å². The first-order chi connectivity index (χ1) is 8.52. The Hall–Kier alpha value is -1.50. The summed E-state index contributed by atoms with van der Waals surface area (Å²) in [5.41, 5.74) is 2.46. The minimum absolute atomic E-state index is 0.275. The fourth-order valence-corrected chi connectivity index (χ4v) is 2.12. The van der Waals surface area contributed by atoms with Crippen LogP contribution in [0, 0.1) is 11.3 Å². The normalized spacial score (nSPS) is 10.4. The predicted octanol–water partition coefficient (Wildman–Crippen LogP) is 3.67. The lowest BCUT2D eigenvalue weighted by atomic mass is 10.1. The summed E-state index contributed by atoms with van der Waals surface area (Å²) in [5.74, 6) is 0. The van der Waals surface area contributed by atoms with Crippen LogP contribution in [0.2, 0.25) is 10.0 Å². The summed E-state index contributed by atoms with van der Waals surface area (Å²) in [6.07, 6.45) is 0.275. The van der Waals surface area contributed by atoms with E-state index in [1.165, 1.54) is 0 Å². The SMILES string of the molecule is CN(C)c1cc(CC#N)nc2cc(Cl)c(Cl)cc12. The number of fused-ring (bicyclic) bond motifs is 1.